The van der Waals surface area contributed by atoms with Gasteiger partial charge in [0.1, 0.15) is 22.3 Å². The number of furan rings is 2. The highest BCUT2D eigenvalue weighted by Crippen LogP contribution is 2.52. The molecule has 28 aromatic rings. The quantitative estimate of drug-likeness (QED) is 0.0794. The van der Waals surface area contributed by atoms with Gasteiger partial charge in [-0.15, -0.1) is 45.3 Å². The van der Waals surface area contributed by atoms with Gasteiger partial charge in [0.05, 0.1) is 0 Å². The van der Waals surface area contributed by atoms with E-state index in [4.69, 9.17) is 8.83 Å². The zero-order valence-electron chi connectivity index (χ0n) is 77.9. The second kappa shape index (κ2) is 37.7. The molecule has 0 saturated carbocycles. The summed E-state index contributed by atoms with van der Waals surface area (Å²) in [6, 6.07) is 191. The Kier molecular flexibility index (Phi) is 22.6. The third-order valence-electron chi connectivity index (χ3n) is 27.1. The first kappa shape index (κ1) is 86.5. The Labute approximate surface area is 848 Å². The minimum absolute atomic E-state index is 0.886. The summed E-state index contributed by atoms with van der Waals surface area (Å²) in [7, 11) is 0. The van der Waals surface area contributed by atoms with E-state index in [0.717, 1.165) is 146 Å². The van der Waals surface area contributed by atoms with Gasteiger partial charge in [0.15, 0.2) is 0 Å². The molecule has 0 aliphatic carbocycles. The lowest BCUT2D eigenvalue weighted by molar-refractivity contribution is 0.668. The number of thiophene rings is 4. The van der Waals surface area contributed by atoms with Crippen molar-refractivity contribution in [3.8, 4) is 11.1 Å². The van der Waals surface area contributed by atoms with Crippen LogP contribution in [0.2, 0.25) is 0 Å². The van der Waals surface area contributed by atoms with E-state index >= 15 is 0 Å². The molecule has 0 saturated heterocycles. The van der Waals surface area contributed by atoms with Crippen molar-refractivity contribution < 1.29 is 8.83 Å². The molecule has 12 heteroatoms. The highest BCUT2D eigenvalue weighted by atomic mass is 32.1. The van der Waals surface area contributed by atoms with E-state index in [9.17, 15) is 0 Å². The summed E-state index contributed by atoms with van der Waals surface area (Å²) in [5, 5.41) is 14.7. The fourth-order valence-electron chi connectivity index (χ4n) is 20.4. The maximum absolute atomic E-state index is 6.29. The smallest absolute Gasteiger partial charge is 0.137 e. The van der Waals surface area contributed by atoms with E-state index in [1.807, 2.05) is 69.6 Å². The average molecular weight is 1920 g/mol. The van der Waals surface area contributed by atoms with Gasteiger partial charge in [-0.25, -0.2) is 0 Å². The Morgan fingerprint density at radius 3 is 0.667 bits per heavy atom. The first-order chi connectivity index (χ1) is 71.4. The standard InChI is InChI=1S/C48H32N2S2.2C42H28N2OS/c1-4-12-33(13-5-1)34-20-22-37(23-21-34)50(38-25-28-46-43(30-38)41-18-10-11-19-45(41)51-46)39-26-29-47-44(31-39)42-27-24-40(32-48(42)52-47)49(35-14-6-2-7-15-35)36-16-8-3-9-17-36;1-4-12-29(13-5-1)43(30-14-6-2-7-15-30)32-22-25-41-38(26-32)37-24-21-34(28-42(37)46-41)44(31-16-8-3-9-17-31)33-20-23-36-35-18-10-11-19-39(35)45-40(36)27-33;1-4-12-29(13-5-1)43(30-14-6-2-7-15-30)33-22-25-41-38(27-33)36-23-20-34(28-42(36)46-41)44(31-16-8-3-9-17-31)32-21-24-40-37(26-32)35-18-10-11-19-39(35)45-40/h1-32H;2*1-28H. The van der Waals surface area contributed by atoms with Gasteiger partial charge in [-0.2, -0.15) is 0 Å². The van der Waals surface area contributed by atoms with Gasteiger partial charge in [0.2, 0.25) is 0 Å². The largest absolute Gasteiger partial charge is 0.456 e. The molecule has 6 heterocycles. The molecule has 28 rings (SSSR count). The predicted molar refractivity (Wildman–Crippen MR) is 619 cm³/mol. The van der Waals surface area contributed by atoms with E-state index in [1.165, 1.54) is 91.8 Å². The molecule has 0 amide bonds. The fourth-order valence-corrected chi connectivity index (χ4v) is 24.8. The van der Waals surface area contributed by atoms with Crippen LogP contribution < -0.4 is 29.4 Å². The molecule has 0 bridgehead atoms. The molecule has 0 aliphatic heterocycles. The first-order valence-electron chi connectivity index (χ1n) is 48.4. The minimum atomic E-state index is 0.886. The summed E-state index contributed by atoms with van der Waals surface area (Å²) >= 11 is 7.39. The monoisotopic (exact) mass is 1920 g/mol. The Hall–Kier alpha value is -17.9. The number of benzene rings is 22. The maximum Gasteiger partial charge on any atom is 0.137 e. The molecule has 0 atom stereocenters. The first-order valence-corrected chi connectivity index (χ1v) is 51.6. The number of fused-ring (bicyclic) bond motifs is 18. The molecule has 22 aromatic carbocycles. The van der Waals surface area contributed by atoms with Crippen LogP contribution in [-0.2, 0) is 0 Å². The van der Waals surface area contributed by atoms with Gasteiger partial charge in [0, 0.05) is 211 Å². The van der Waals surface area contributed by atoms with Crippen molar-refractivity contribution in [3.63, 3.8) is 0 Å². The molecular weight excluding hydrogens is 1830 g/mol. The van der Waals surface area contributed by atoms with Gasteiger partial charge in [0.25, 0.3) is 0 Å². The van der Waals surface area contributed by atoms with Gasteiger partial charge in [-0.3, -0.25) is 0 Å². The number of rotatable bonds is 19. The number of hydrogen-bond donors (Lipinski definition) is 0. The number of para-hydroxylation sites is 10. The molecule has 8 nitrogen and oxygen atoms in total. The summed E-state index contributed by atoms with van der Waals surface area (Å²) in [6.45, 7) is 0. The Morgan fingerprint density at radius 1 is 0.111 bits per heavy atom. The third kappa shape index (κ3) is 16.5. The van der Waals surface area contributed by atoms with E-state index in [0.29, 0.717) is 0 Å². The molecular formula is C132H88N6O2S4. The van der Waals surface area contributed by atoms with Crippen molar-refractivity contribution in [3.05, 3.63) is 534 Å². The minimum Gasteiger partial charge on any atom is -0.456 e. The highest BCUT2D eigenvalue weighted by Gasteiger charge is 2.26. The van der Waals surface area contributed by atoms with Crippen molar-refractivity contribution in [1.82, 2.24) is 0 Å². The van der Waals surface area contributed by atoms with Crippen molar-refractivity contribution in [2.75, 3.05) is 29.4 Å². The Morgan fingerprint density at radius 2 is 0.312 bits per heavy atom. The SMILES string of the molecule is c1ccc(-c2ccc(N(c3ccc4sc5ccccc5c4c3)c3ccc4sc5cc(N(c6ccccc6)c6ccccc6)ccc5c4c3)cc2)cc1.c1ccc(N(c2ccc3c(c2)oc2ccccc23)c2ccc3c(c2)sc2ccc(N(c4ccccc4)c4ccccc4)cc23)cc1.c1ccc(N(c2ccc3c(c2)sc2ccc(N(c4ccccc4)c4ccccc4)cc23)c2ccc3oc4ccccc4c3c2)cc1. The van der Waals surface area contributed by atoms with Crippen molar-refractivity contribution >= 4 is 272 Å². The summed E-state index contributed by atoms with van der Waals surface area (Å²) in [6.07, 6.45) is 0. The van der Waals surface area contributed by atoms with Crippen molar-refractivity contribution in [1.29, 1.82) is 0 Å². The van der Waals surface area contributed by atoms with Crippen LogP contribution in [0.3, 0.4) is 0 Å². The zero-order valence-corrected chi connectivity index (χ0v) is 81.2. The summed E-state index contributed by atoms with van der Waals surface area (Å²) < 4.78 is 22.7. The van der Waals surface area contributed by atoms with Crippen LogP contribution in [0, 0.1) is 0 Å². The summed E-state index contributed by atoms with van der Waals surface area (Å²) in [4.78, 5) is 14.0. The van der Waals surface area contributed by atoms with E-state index in [1.54, 1.807) is 0 Å². The van der Waals surface area contributed by atoms with Gasteiger partial charge >= 0.3 is 0 Å². The highest BCUT2D eigenvalue weighted by molar-refractivity contribution is 7.27. The maximum atomic E-state index is 6.29. The normalized spacial score (nSPS) is 11.5. The van der Waals surface area contributed by atoms with Crippen molar-refractivity contribution in [2.45, 2.75) is 0 Å². The lowest BCUT2D eigenvalue weighted by Crippen LogP contribution is -2.09. The van der Waals surface area contributed by atoms with E-state index < -0.39 is 0 Å². The van der Waals surface area contributed by atoms with Crippen LogP contribution in [0.4, 0.5) is 102 Å². The molecule has 0 N–H and O–H groups in total. The van der Waals surface area contributed by atoms with Gasteiger partial charge in [-0.05, 0) is 278 Å². The lowest BCUT2D eigenvalue weighted by atomic mass is 10.0. The number of nitrogens with zero attached hydrogens (tertiary/aromatic N) is 6. The second-order valence-corrected chi connectivity index (χ2v) is 40.2. The summed E-state index contributed by atoms with van der Waals surface area (Å²) in [5.41, 5.74) is 26.3. The summed E-state index contributed by atoms with van der Waals surface area (Å²) in [5.74, 6) is 0. The second-order valence-electron chi connectivity index (χ2n) is 35.8. The van der Waals surface area contributed by atoms with Crippen LogP contribution in [0.25, 0.3) is 136 Å². The fraction of sp³-hybridized carbons (Fsp3) is 0. The molecule has 0 spiro atoms. The zero-order chi connectivity index (χ0) is 95.3. The van der Waals surface area contributed by atoms with Crippen LogP contribution >= 0.6 is 45.3 Å². The molecule has 682 valence electrons. The van der Waals surface area contributed by atoms with Crippen LogP contribution in [-0.4, -0.2) is 0 Å². The number of hydrogen-bond acceptors (Lipinski definition) is 12. The molecule has 6 aromatic heterocycles. The van der Waals surface area contributed by atoms with E-state index in [-0.39, 0.29) is 0 Å². The predicted octanol–water partition coefficient (Wildman–Crippen LogP) is 40.8. The molecule has 0 fully saturated rings. The molecule has 0 radical (unpaired) electrons. The van der Waals surface area contributed by atoms with Crippen LogP contribution in [0.5, 0.6) is 0 Å². The van der Waals surface area contributed by atoms with E-state index in [2.05, 4.69) is 539 Å². The molecule has 0 aliphatic rings. The van der Waals surface area contributed by atoms with Crippen LogP contribution in [0.1, 0.15) is 0 Å². The lowest BCUT2D eigenvalue weighted by Gasteiger charge is -2.26. The molecule has 0 unspecified atom stereocenters. The third-order valence-corrected chi connectivity index (χ3v) is 31.6. The van der Waals surface area contributed by atoms with Crippen molar-refractivity contribution in [2.24, 2.45) is 0 Å². The van der Waals surface area contributed by atoms with Gasteiger partial charge < -0.3 is 38.2 Å². The molecule has 144 heavy (non-hydrogen) atoms. The Bertz CT molecular complexity index is 9430. The topological polar surface area (TPSA) is 45.7 Å². The Balaban J connectivity index is 0.000000110. The van der Waals surface area contributed by atoms with Crippen LogP contribution in [0.15, 0.2) is 543 Å². The van der Waals surface area contributed by atoms with Gasteiger partial charge in [-0.1, -0.05) is 261 Å². The average Bonchev–Trinajstić information content (AvgIpc) is 1.60. The number of anilines is 18.